The number of amides is 1. The van der Waals surface area contributed by atoms with Crippen LogP contribution in [-0.2, 0) is 24.3 Å². The number of anilines is 1. The average molecular weight is 505 g/mol. The Labute approximate surface area is 195 Å². The summed E-state index contributed by atoms with van der Waals surface area (Å²) in [4.78, 5) is 24.6. The molecule has 168 valence electrons. The number of hydrogen-bond donors (Lipinski definition) is 2. The molecule has 11 heteroatoms. The summed E-state index contributed by atoms with van der Waals surface area (Å²) in [7, 11) is -3.98. The Bertz CT molecular complexity index is 1030. The molecular weight excluding hydrogens is 483 g/mol. The van der Waals surface area contributed by atoms with Crippen LogP contribution in [0.25, 0.3) is 0 Å². The zero-order valence-electron chi connectivity index (χ0n) is 16.9. The molecule has 2 rings (SSSR count). The van der Waals surface area contributed by atoms with Gasteiger partial charge in [-0.1, -0.05) is 29.3 Å². The topological polar surface area (TPSA) is 102 Å². The molecule has 0 bridgehead atoms. The van der Waals surface area contributed by atoms with Crippen molar-refractivity contribution in [2.75, 3.05) is 23.9 Å². The van der Waals surface area contributed by atoms with Gasteiger partial charge in [0, 0.05) is 15.7 Å². The van der Waals surface area contributed by atoms with Gasteiger partial charge in [-0.2, -0.15) is 16.5 Å². The molecule has 0 heterocycles. The molecule has 0 radical (unpaired) electrons. The fourth-order valence-electron chi connectivity index (χ4n) is 2.48. The van der Waals surface area contributed by atoms with E-state index in [-0.39, 0.29) is 11.3 Å². The number of ether oxygens (including phenoxy) is 1. The average Bonchev–Trinajstić information content (AvgIpc) is 2.72. The van der Waals surface area contributed by atoms with E-state index in [1.807, 2.05) is 6.26 Å². The molecule has 2 N–H and O–H groups in total. The second-order valence-corrected chi connectivity index (χ2v) is 10.1. The van der Waals surface area contributed by atoms with E-state index in [0.717, 1.165) is 5.56 Å². The number of hydrogen-bond acceptors (Lipinski definition) is 6. The second-order valence-electron chi connectivity index (χ2n) is 6.52. The van der Waals surface area contributed by atoms with Crippen LogP contribution in [-0.4, -0.2) is 45.0 Å². The molecule has 0 saturated carbocycles. The summed E-state index contributed by atoms with van der Waals surface area (Å²) in [6, 6.07) is 9.42. The number of carbonyl (C=O) groups is 2. The van der Waals surface area contributed by atoms with Gasteiger partial charge >= 0.3 is 5.97 Å². The Morgan fingerprint density at radius 1 is 1.10 bits per heavy atom. The first-order chi connectivity index (χ1) is 14.6. The Hall–Kier alpha value is -1.78. The van der Waals surface area contributed by atoms with Crippen molar-refractivity contribution in [3.63, 3.8) is 0 Å². The van der Waals surface area contributed by atoms with Crippen molar-refractivity contribution in [2.24, 2.45) is 0 Å². The molecule has 0 aliphatic heterocycles. The van der Waals surface area contributed by atoms with Crippen LogP contribution in [0.4, 0.5) is 5.69 Å². The first kappa shape index (κ1) is 25.5. The number of nitrogens with one attached hydrogen (secondary N) is 2. The Balaban J connectivity index is 2.02. The van der Waals surface area contributed by atoms with Gasteiger partial charge in [-0.05, 0) is 67.3 Å². The van der Waals surface area contributed by atoms with Crippen molar-refractivity contribution < 1.29 is 22.7 Å². The third-order valence-electron chi connectivity index (χ3n) is 4.14. The maximum absolute atomic E-state index is 12.6. The van der Waals surface area contributed by atoms with Crippen LogP contribution in [0.1, 0.15) is 12.0 Å². The first-order valence-corrected chi connectivity index (χ1v) is 12.7. The predicted molar refractivity (Wildman–Crippen MR) is 124 cm³/mol. The van der Waals surface area contributed by atoms with E-state index >= 15 is 0 Å². The van der Waals surface area contributed by atoms with Gasteiger partial charge in [0.25, 0.3) is 5.91 Å². The molecule has 1 unspecified atom stereocenters. The van der Waals surface area contributed by atoms with Crippen molar-refractivity contribution >= 4 is 62.6 Å². The van der Waals surface area contributed by atoms with Gasteiger partial charge in [0.1, 0.15) is 6.04 Å². The zero-order chi connectivity index (χ0) is 23.0. The third-order valence-corrected chi connectivity index (χ3v) is 6.75. The van der Waals surface area contributed by atoms with E-state index in [4.69, 9.17) is 27.9 Å². The highest BCUT2D eigenvalue weighted by Gasteiger charge is 2.27. The summed E-state index contributed by atoms with van der Waals surface area (Å²) in [5.41, 5.74) is 1.29. The zero-order valence-corrected chi connectivity index (χ0v) is 20.0. The quantitative estimate of drug-likeness (QED) is 0.476. The lowest BCUT2D eigenvalue weighted by Gasteiger charge is -2.17. The number of halogens is 2. The lowest BCUT2D eigenvalue weighted by atomic mass is 10.2. The second kappa shape index (κ2) is 11.7. The Morgan fingerprint density at radius 3 is 2.39 bits per heavy atom. The molecule has 2 aromatic rings. The van der Waals surface area contributed by atoms with Gasteiger partial charge in [0.15, 0.2) is 6.61 Å². The summed E-state index contributed by atoms with van der Waals surface area (Å²) >= 11 is 13.2. The van der Waals surface area contributed by atoms with Gasteiger partial charge in [-0.3, -0.25) is 9.59 Å². The van der Waals surface area contributed by atoms with Gasteiger partial charge < -0.3 is 10.1 Å². The van der Waals surface area contributed by atoms with Crippen molar-refractivity contribution in [1.82, 2.24) is 4.72 Å². The number of thioether (sulfide) groups is 1. The number of sulfonamides is 1. The minimum Gasteiger partial charge on any atom is -0.454 e. The van der Waals surface area contributed by atoms with Crippen molar-refractivity contribution in [3.05, 3.63) is 58.1 Å². The van der Waals surface area contributed by atoms with Crippen LogP contribution >= 0.6 is 35.0 Å². The SMILES string of the molecule is CSCCC(NS(=O)(=O)c1ccc(Cl)cc1)C(=O)OCC(=O)Nc1cc(Cl)ccc1C. The molecule has 1 atom stereocenters. The first-order valence-electron chi connectivity index (χ1n) is 9.12. The summed E-state index contributed by atoms with van der Waals surface area (Å²) in [5, 5.41) is 3.45. The Morgan fingerprint density at radius 2 is 1.74 bits per heavy atom. The monoisotopic (exact) mass is 504 g/mol. The summed E-state index contributed by atoms with van der Waals surface area (Å²) < 4.78 is 32.6. The van der Waals surface area contributed by atoms with Crippen LogP contribution in [0.3, 0.4) is 0 Å². The van der Waals surface area contributed by atoms with Crippen LogP contribution in [0.15, 0.2) is 47.4 Å². The minimum absolute atomic E-state index is 0.0342. The number of carbonyl (C=O) groups excluding carboxylic acids is 2. The maximum atomic E-state index is 12.6. The molecule has 0 aliphatic rings. The van der Waals surface area contributed by atoms with E-state index in [0.29, 0.717) is 21.5 Å². The lowest BCUT2D eigenvalue weighted by Crippen LogP contribution is -2.43. The van der Waals surface area contributed by atoms with Crippen molar-refractivity contribution in [3.8, 4) is 0 Å². The molecule has 31 heavy (non-hydrogen) atoms. The smallest absolute Gasteiger partial charge is 0.324 e. The third kappa shape index (κ3) is 8.01. The number of rotatable bonds is 10. The van der Waals surface area contributed by atoms with E-state index in [9.17, 15) is 18.0 Å². The number of esters is 1. The van der Waals surface area contributed by atoms with E-state index in [1.165, 1.54) is 36.0 Å². The highest BCUT2D eigenvalue weighted by molar-refractivity contribution is 7.98. The van der Waals surface area contributed by atoms with Crippen molar-refractivity contribution in [1.29, 1.82) is 0 Å². The minimum atomic E-state index is -3.98. The van der Waals surface area contributed by atoms with Gasteiger partial charge in [0.05, 0.1) is 4.90 Å². The normalized spacial score (nSPS) is 12.3. The van der Waals surface area contributed by atoms with Gasteiger partial charge in [0.2, 0.25) is 10.0 Å². The number of benzene rings is 2. The van der Waals surface area contributed by atoms with Crippen molar-refractivity contribution in [2.45, 2.75) is 24.3 Å². The predicted octanol–water partition coefficient (Wildman–Crippen LogP) is 3.88. The molecular formula is C20H22Cl2N2O5S2. The van der Waals surface area contributed by atoms with Crippen LogP contribution in [0.5, 0.6) is 0 Å². The molecule has 7 nitrogen and oxygen atoms in total. The highest BCUT2D eigenvalue weighted by Crippen LogP contribution is 2.20. The van der Waals surface area contributed by atoms with Gasteiger partial charge in [-0.15, -0.1) is 0 Å². The molecule has 0 aromatic heterocycles. The molecule has 0 aliphatic carbocycles. The van der Waals surface area contributed by atoms with Gasteiger partial charge in [-0.25, -0.2) is 8.42 Å². The summed E-state index contributed by atoms with van der Waals surface area (Å²) in [6.45, 7) is 1.23. The standard InChI is InChI=1S/C20H22Cl2N2O5S2/c1-13-3-4-15(22)11-18(13)23-19(25)12-29-20(26)17(9-10-30-2)24-31(27,28)16-7-5-14(21)6-8-16/h3-8,11,17,24H,9-10,12H2,1-2H3,(H,23,25). The Kier molecular flexibility index (Phi) is 9.64. The summed E-state index contributed by atoms with van der Waals surface area (Å²) in [6.07, 6.45) is 2.03. The summed E-state index contributed by atoms with van der Waals surface area (Å²) in [5.74, 6) is -0.899. The van der Waals surface area contributed by atoms with Crippen LogP contribution in [0.2, 0.25) is 10.0 Å². The molecule has 0 spiro atoms. The van der Waals surface area contributed by atoms with E-state index < -0.39 is 34.5 Å². The largest absolute Gasteiger partial charge is 0.454 e. The van der Waals surface area contributed by atoms with E-state index in [2.05, 4.69) is 10.0 Å². The molecule has 2 aromatic carbocycles. The van der Waals surface area contributed by atoms with Crippen LogP contribution < -0.4 is 10.0 Å². The van der Waals surface area contributed by atoms with E-state index in [1.54, 1.807) is 25.1 Å². The molecule has 0 saturated heterocycles. The fourth-order valence-corrected chi connectivity index (χ4v) is 4.47. The fraction of sp³-hybridized carbons (Fsp3) is 0.300. The maximum Gasteiger partial charge on any atom is 0.324 e. The molecule has 0 fully saturated rings. The number of aryl methyl sites for hydroxylation is 1. The lowest BCUT2D eigenvalue weighted by molar-refractivity contribution is -0.149. The highest BCUT2D eigenvalue weighted by atomic mass is 35.5. The molecule has 1 amide bonds. The van der Waals surface area contributed by atoms with Crippen LogP contribution in [0, 0.1) is 6.92 Å².